The highest BCUT2D eigenvalue weighted by molar-refractivity contribution is 6.00. The Kier molecular flexibility index (Phi) is 11.9. The molecule has 0 aliphatic rings. The van der Waals surface area contributed by atoms with Gasteiger partial charge in [-0.1, -0.05) is 40.5 Å². The van der Waals surface area contributed by atoms with E-state index in [1.807, 2.05) is 0 Å². The molecule has 0 N–H and O–H groups in total. The van der Waals surface area contributed by atoms with Gasteiger partial charge in [0.25, 0.3) is 0 Å². The molecule has 0 fully saturated rings. The largest absolute Gasteiger partial charge is 0.463 e. The van der Waals surface area contributed by atoms with Crippen molar-refractivity contribution in [2.75, 3.05) is 0 Å². The molecule has 180 valence electrons. The molecule has 0 aliphatic carbocycles. The minimum Gasteiger partial charge on any atom is -0.463 e. The predicted molar refractivity (Wildman–Crippen MR) is 119 cm³/mol. The first-order valence-electron chi connectivity index (χ1n) is 10.4. The summed E-state index contributed by atoms with van der Waals surface area (Å²) >= 11 is 0. The first-order chi connectivity index (χ1) is 15.8. The van der Waals surface area contributed by atoms with Crippen LogP contribution in [-0.2, 0) is 28.4 Å². The quantitative estimate of drug-likeness (QED) is 0.156. The number of rotatable bonds is 15. The molecule has 33 heavy (non-hydrogen) atoms. The second-order valence-electron chi connectivity index (χ2n) is 6.44. The molecule has 9 nitrogen and oxygen atoms in total. The van der Waals surface area contributed by atoms with Crippen LogP contribution in [-0.4, -0.2) is 36.8 Å². The Morgan fingerprint density at radius 1 is 0.636 bits per heavy atom. The molecule has 0 saturated carbocycles. The van der Waals surface area contributed by atoms with Crippen molar-refractivity contribution >= 4 is 17.9 Å². The van der Waals surface area contributed by atoms with Gasteiger partial charge in [-0.3, -0.25) is 0 Å². The van der Waals surface area contributed by atoms with Gasteiger partial charge in [0, 0.05) is 19.3 Å². The van der Waals surface area contributed by atoms with Gasteiger partial charge in [-0.25, -0.2) is 14.4 Å². The summed E-state index contributed by atoms with van der Waals surface area (Å²) in [5.41, 5.74) is -0.256. The average Bonchev–Trinajstić information content (AvgIpc) is 2.82. The number of carbonyl (C=O) groups is 3. The van der Waals surface area contributed by atoms with Gasteiger partial charge in [0.15, 0.2) is 0 Å². The summed E-state index contributed by atoms with van der Waals surface area (Å²) in [5, 5.41) is 0. The second kappa shape index (κ2) is 14.3. The van der Waals surface area contributed by atoms with E-state index < -0.39 is 36.8 Å². The van der Waals surface area contributed by atoms with E-state index in [1.165, 1.54) is 18.2 Å². The highest BCUT2D eigenvalue weighted by atomic mass is 16.7. The van der Waals surface area contributed by atoms with E-state index in [9.17, 15) is 14.4 Å². The minimum absolute atomic E-state index is 0.0853. The summed E-state index contributed by atoms with van der Waals surface area (Å²) in [6, 6.07) is 3.71. The third kappa shape index (κ3) is 8.72. The number of esters is 3. The maximum absolute atomic E-state index is 12.7. The van der Waals surface area contributed by atoms with Gasteiger partial charge in [-0.15, -0.1) is 0 Å². The summed E-state index contributed by atoms with van der Waals surface area (Å²) in [5.74, 6) is -2.47. The van der Waals surface area contributed by atoms with Crippen LogP contribution in [0.4, 0.5) is 0 Å². The van der Waals surface area contributed by atoms with E-state index in [0.29, 0.717) is 19.3 Å². The zero-order valence-electron chi connectivity index (χ0n) is 19.1. The third-order valence-corrected chi connectivity index (χ3v) is 4.10. The summed E-state index contributed by atoms with van der Waals surface area (Å²) in [6.45, 7) is 15.5. The lowest BCUT2D eigenvalue weighted by Gasteiger charge is -2.18. The van der Waals surface area contributed by atoms with Crippen LogP contribution < -0.4 is 0 Å². The highest BCUT2D eigenvalue weighted by Crippen LogP contribution is 2.18. The van der Waals surface area contributed by atoms with Gasteiger partial charge >= 0.3 is 17.9 Å². The van der Waals surface area contributed by atoms with Gasteiger partial charge in [0.2, 0.25) is 18.9 Å². The first-order valence-corrected chi connectivity index (χ1v) is 10.4. The Bertz CT molecular complexity index is 725. The van der Waals surface area contributed by atoms with Crippen LogP contribution >= 0.6 is 0 Å². The SMILES string of the molecule is C=COC(CC)OC(=O)c1cc(C(=O)OC(CC)OC=C)cc(C(=O)OC(CC)OC=C)c1. The molecule has 0 aromatic heterocycles. The zero-order chi connectivity index (χ0) is 24.8. The topological polar surface area (TPSA) is 107 Å². The standard InChI is InChI=1S/C24H30O9/c1-7-19(28-10-4)31-22(25)16-13-17(23(26)32-20(8-2)29-11-5)15-18(14-16)24(27)33-21(9-3)30-12-6/h10-15,19-21H,4-9H2,1-3H3. The lowest BCUT2D eigenvalue weighted by molar-refractivity contribution is -0.0732. The van der Waals surface area contributed by atoms with Crippen LogP contribution in [0.25, 0.3) is 0 Å². The number of hydrogen-bond donors (Lipinski definition) is 0. The number of benzene rings is 1. The fourth-order valence-corrected chi connectivity index (χ4v) is 2.49. The minimum atomic E-state index is -0.892. The molecule has 0 heterocycles. The lowest BCUT2D eigenvalue weighted by Crippen LogP contribution is -2.23. The normalized spacial score (nSPS) is 12.8. The summed E-state index contributed by atoms with van der Waals surface area (Å²) in [7, 11) is 0. The van der Waals surface area contributed by atoms with Crippen LogP contribution in [0.2, 0.25) is 0 Å². The van der Waals surface area contributed by atoms with E-state index >= 15 is 0 Å². The molecule has 0 spiro atoms. The van der Waals surface area contributed by atoms with Crippen molar-refractivity contribution in [3.8, 4) is 0 Å². The molecular formula is C24H30O9. The van der Waals surface area contributed by atoms with Gasteiger partial charge in [-0.05, 0) is 18.2 Å². The van der Waals surface area contributed by atoms with Crippen LogP contribution in [0.15, 0.2) is 56.7 Å². The van der Waals surface area contributed by atoms with Gasteiger partial charge < -0.3 is 28.4 Å². The molecule has 1 aromatic rings. The molecule has 0 bridgehead atoms. The molecule has 1 aromatic carbocycles. The maximum atomic E-state index is 12.7. The molecule has 3 unspecified atom stereocenters. The second-order valence-corrected chi connectivity index (χ2v) is 6.44. The summed E-state index contributed by atoms with van der Waals surface area (Å²) in [4.78, 5) is 38.1. The summed E-state index contributed by atoms with van der Waals surface area (Å²) < 4.78 is 31.1. The van der Waals surface area contributed by atoms with Gasteiger partial charge in [-0.2, -0.15) is 0 Å². The van der Waals surface area contributed by atoms with Crippen LogP contribution in [0.5, 0.6) is 0 Å². The van der Waals surface area contributed by atoms with Gasteiger partial charge in [0.1, 0.15) is 0 Å². The Labute approximate surface area is 193 Å². The monoisotopic (exact) mass is 462 g/mol. The number of hydrogen-bond acceptors (Lipinski definition) is 9. The molecule has 0 aliphatic heterocycles. The summed E-state index contributed by atoms with van der Waals surface area (Å²) in [6.07, 6.45) is 1.81. The lowest BCUT2D eigenvalue weighted by atomic mass is 10.1. The van der Waals surface area contributed by atoms with E-state index in [4.69, 9.17) is 28.4 Å². The average molecular weight is 462 g/mol. The molecule has 9 heteroatoms. The predicted octanol–water partition coefficient (Wildman–Crippen LogP) is 4.85. The van der Waals surface area contributed by atoms with Crippen molar-refractivity contribution in [1.29, 1.82) is 0 Å². The van der Waals surface area contributed by atoms with Crippen LogP contribution in [0, 0.1) is 0 Å². The third-order valence-electron chi connectivity index (χ3n) is 4.10. The van der Waals surface area contributed by atoms with E-state index in [1.54, 1.807) is 20.8 Å². The van der Waals surface area contributed by atoms with E-state index in [2.05, 4.69) is 19.7 Å². The number of carbonyl (C=O) groups excluding carboxylic acids is 3. The van der Waals surface area contributed by atoms with Crippen LogP contribution in [0.1, 0.15) is 71.1 Å². The first kappa shape index (κ1) is 27.3. The molecule has 1 rings (SSSR count). The molecule has 0 amide bonds. The van der Waals surface area contributed by atoms with Crippen molar-refractivity contribution < 1.29 is 42.8 Å². The Balaban J connectivity index is 3.31. The van der Waals surface area contributed by atoms with Crippen molar-refractivity contribution in [1.82, 2.24) is 0 Å². The van der Waals surface area contributed by atoms with E-state index in [0.717, 1.165) is 18.8 Å². The maximum Gasteiger partial charge on any atom is 0.341 e. The Morgan fingerprint density at radius 3 is 1.06 bits per heavy atom. The molecule has 0 saturated heterocycles. The van der Waals surface area contributed by atoms with Crippen LogP contribution in [0.3, 0.4) is 0 Å². The van der Waals surface area contributed by atoms with Crippen molar-refractivity contribution in [3.05, 3.63) is 73.4 Å². The highest BCUT2D eigenvalue weighted by Gasteiger charge is 2.23. The van der Waals surface area contributed by atoms with Crippen molar-refractivity contribution in [2.24, 2.45) is 0 Å². The zero-order valence-corrected chi connectivity index (χ0v) is 19.1. The molecule has 0 radical (unpaired) electrons. The van der Waals surface area contributed by atoms with Crippen molar-refractivity contribution in [3.63, 3.8) is 0 Å². The van der Waals surface area contributed by atoms with Crippen molar-refractivity contribution in [2.45, 2.75) is 58.9 Å². The Morgan fingerprint density at radius 2 is 0.879 bits per heavy atom. The van der Waals surface area contributed by atoms with E-state index in [-0.39, 0.29) is 16.7 Å². The Hall–Kier alpha value is -3.75. The number of ether oxygens (including phenoxy) is 6. The fraction of sp³-hybridized carbons (Fsp3) is 0.375. The smallest absolute Gasteiger partial charge is 0.341 e. The van der Waals surface area contributed by atoms with Gasteiger partial charge in [0.05, 0.1) is 35.5 Å². The molecule has 3 atom stereocenters. The molecular weight excluding hydrogens is 432 g/mol. The fourth-order valence-electron chi connectivity index (χ4n) is 2.49.